The van der Waals surface area contributed by atoms with E-state index in [4.69, 9.17) is 11.6 Å². The van der Waals surface area contributed by atoms with Crippen molar-refractivity contribution in [3.8, 4) is 0 Å². The first kappa shape index (κ1) is 8.36. The van der Waals surface area contributed by atoms with Crippen molar-refractivity contribution in [3.63, 3.8) is 0 Å². The van der Waals surface area contributed by atoms with Gasteiger partial charge in [-0.2, -0.15) is 0 Å². The van der Waals surface area contributed by atoms with E-state index < -0.39 is 0 Å². The molecule has 2 aliphatic rings. The zero-order valence-corrected chi connectivity index (χ0v) is 7.20. The lowest BCUT2D eigenvalue weighted by Crippen LogP contribution is -2.66. The summed E-state index contributed by atoms with van der Waals surface area (Å²) in [6, 6.07) is 0. The summed E-state index contributed by atoms with van der Waals surface area (Å²) >= 11 is 0. The normalized spacial score (nSPS) is 44.8. The van der Waals surface area contributed by atoms with Crippen LogP contribution >= 0.6 is 0 Å². The Bertz CT molecular complexity index is 173. The van der Waals surface area contributed by atoms with Gasteiger partial charge in [0.05, 0.1) is 19.0 Å². The van der Waals surface area contributed by atoms with Crippen molar-refractivity contribution < 1.29 is 0 Å². The van der Waals surface area contributed by atoms with E-state index in [1.807, 2.05) is 7.05 Å². The summed E-state index contributed by atoms with van der Waals surface area (Å²) in [6.07, 6.45) is 0.272. The second-order valence-corrected chi connectivity index (χ2v) is 3.45. The molecule has 2 heterocycles. The minimum atomic E-state index is -0.0475. The average Bonchev–Trinajstić information content (AvgIpc) is 2.41. The summed E-state index contributed by atoms with van der Waals surface area (Å²) in [7, 11) is 2.01. The van der Waals surface area contributed by atoms with Crippen LogP contribution in [-0.2, 0) is 0 Å². The topological polar surface area (TPSA) is 82.6 Å². The fourth-order valence-corrected chi connectivity index (χ4v) is 1.89. The zero-order valence-electron chi connectivity index (χ0n) is 7.20. The van der Waals surface area contributed by atoms with E-state index in [0.717, 1.165) is 6.54 Å². The minimum Gasteiger partial charge on any atom is -0.314 e. The van der Waals surface area contributed by atoms with Crippen molar-refractivity contribution in [1.82, 2.24) is 20.8 Å². The number of nitrogens with two attached hydrogens (primary N) is 2. The van der Waals surface area contributed by atoms with Crippen LogP contribution in [0.1, 0.15) is 0 Å². The standard InChI is InChI=1S/C6H16N6/c1-11-6-4(2-10-11)5(7)12(8)3-9-6/h4-6,9-10H,2-3,7-8H2,1H3. The van der Waals surface area contributed by atoms with E-state index >= 15 is 0 Å². The van der Waals surface area contributed by atoms with Gasteiger partial charge < -0.3 is 5.73 Å². The van der Waals surface area contributed by atoms with Gasteiger partial charge in [-0.3, -0.25) is 16.6 Å². The molecule has 2 fully saturated rings. The van der Waals surface area contributed by atoms with E-state index in [0.29, 0.717) is 18.8 Å². The van der Waals surface area contributed by atoms with Gasteiger partial charge in [0.2, 0.25) is 0 Å². The average molecular weight is 172 g/mol. The third kappa shape index (κ3) is 1.13. The fourth-order valence-electron chi connectivity index (χ4n) is 1.89. The number of nitrogens with one attached hydrogen (secondary N) is 2. The van der Waals surface area contributed by atoms with Gasteiger partial charge in [-0.15, -0.1) is 0 Å². The Labute approximate surface area is 71.8 Å². The lowest BCUT2D eigenvalue weighted by molar-refractivity contribution is 0.0361. The molecule has 2 saturated heterocycles. The predicted molar refractivity (Wildman–Crippen MR) is 45.0 cm³/mol. The van der Waals surface area contributed by atoms with Gasteiger partial charge in [0.1, 0.15) is 0 Å². The Balaban J connectivity index is 2.09. The molecular formula is C6H16N6. The Morgan fingerprint density at radius 2 is 2.25 bits per heavy atom. The number of hydrogen-bond donors (Lipinski definition) is 4. The van der Waals surface area contributed by atoms with Crippen LogP contribution in [0.25, 0.3) is 0 Å². The van der Waals surface area contributed by atoms with E-state index in [1.54, 1.807) is 5.01 Å². The van der Waals surface area contributed by atoms with Crippen molar-refractivity contribution in [2.24, 2.45) is 17.5 Å². The molecular weight excluding hydrogens is 156 g/mol. The fraction of sp³-hybridized carbons (Fsp3) is 1.00. The smallest absolute Gasteiger partial charge is 0.0809 e. The third-order valence-electron chi connectivity index (χ3n) is 2.70. The molecule has 2 rings (SSSR count). The van der Waals surface area contributed by atoms with Crippen LogP contribution in [0.2, 0.25) is 0 Å². The molecule has 2 aliphatic heterocycles. The molecule has 12 heavy (non-hydrogen) atoms. The van der Waals surface area contributed by atoms with Crippen LogP contribution in [0.3, 0.4) is 0 Å². The quantitative estimate of drug-likeness (QED) is 0.300. The maximum atomic E-state index is 5.92. The molecule has 0 amide bonds. The van der Waals surface area contributed by atoms with E-state index in [-0.39, 0.29) is 6.17 Å². The molecule has 6 N–H and O–H groups in total. The molecule has 0 aliphatic carbocycles. The minimum absolute atomic E-state index is 0.0475. The molecule has 0 saturated carbocycles. The third-order valence-corrected chi connectivity index (χ3v) is 2.70. The van der Waals surface area contributed by atoms with E-state index in [2.05, 4.69) is 15.8 Å². The molecule has 6 heteroatoms. The molecule has 70 valence electrons. The molecule has 0 aromatic heterocycles. The van der Waals surface area contributed by atoms with Crippen molar-refractivity contribution >= 4 is 0 Å². The monoisotopic (exact) mass is 172 g/mol. The van der Waals surface area contributed by atoms with Crippen LogP contribution in [0, 0.1) is 5.92 Å². The molecule has 0 spiro atoms. The SMILES string of the molecule is CN1NCC2C(N)N(N)CNC21. The molecule has 0 bridgehead atoms. The highest BCUT2D eigenvalue weighted by Gasteiger charge is 2.40. The van der Waals surface area contributed by atoms with E-state index in [9.17, 15) is 0 Å². The van der Waals surface area contributed by atoms with Crippen molar-refractivity contribution in [1.29, 1.82) is 0 Å². The Morgan fingerprint density at radius 1 is 1.50 bits per heavy atom. The summed E-state index contributed by atoms with van der Waals surface area (Å²) in [6.45, 7) is 1.54. The van der Waals surface area contributed by atoms with Crippen molar-refractivity contribution in [3.05, 3.63) is 0 Å². The number of hydrogen-bond acceptors (Lipinski definition) is 6. The Kier molecular flexibility index (Phi) is 2.03. The molecule has 0 radical (unpaired) electrons. The first-order valence-electron chi connectivity index (χ1n) is 4.17. The summed E-state index contributed by atoms with van der Waals surface area (Å²) in [5, 5.41) is 6.99. The number of fused-ring (bicyclic) bond motifs is 1. The summed E-state index contributed by atoms with van der Waals surface area (Å²) < 4.78 is 0. The zero-order chi connectivity index (χ0) is 8.72. The molecule has 3 atom stereocenters. The molecule has 6 nitrogen and oxygen atoms in total. The number of hydrazine groups is 2. The van der Waals surface area contributed by atoms with Crippen molar-refractivity contribution in [2.75, 3.05) is 20.3 Å². The van der Waals surface area contributed by atoms with Crippen LogP contribution in [0.5, 0.6) is 0 Å². The van der Waals surface area contributed by atoms with Gasteiger partial charge in [-0.25, -0.2) is 10.0 Å². The summed E-state index contributed by atoms with van der Waals surface area (Å²) in [5.74, 6) is 6.05. The largest absolute Gasteiger partial charge is 0.314 e. The van der Waals surface area contributed by atoms with Gasteiger partial charge >= 0.3 is 0 Å². The maximum absolute atomic E-state index is 5.92. The van der Waals surface area contributed by atoms with Gasteiger partial charge in [-0.05, 0) is 0 Å². The highest BCUT2D eigenvalue weighted by molar-refractivity contribution is 4.90. The second-order valence-electron chi connectivity index (χ2n) is 3.45. The van der Waals surface area contributed by atoms with Gasteiger partial charge in [0.15, 0.2) is 0 Å². The van der Waals surface area contributed by atoms with Crippen LogP contribution < -0.4 is 22.3 Å². The van der Waals surface area contributed by atoms with Gasteiger partial charge in [0, 0.05) is 19.5 Å². The first-order chi connectivity index (χ1) is 5.70. The summed E-state index contributed by atoms with van der Waals surface area (Å²) in [5.41, 5.74) is 9.14. The lowest BCUT2D eigenvalue weighted by atomic mass is 10.0. The van der Waals surface area contributed by atoms with Crippen LogP contribution in [-0.4, -0.2) is 42.6 Å². The Hall–Kier alpha value is -0.240. The highest BCUT2D eigenvalue weighted by atomic mass is 15.6. The summed E-state index contributed by atoms with van der Waals surface area (Å²) in [4.78, 5) is 0. The van der Waals surface area contributed by atoms with Crippen LogP contribution in [0.15, 0.2) is 0 Å². The number of nitrogens with zero attached hydrogens (tertiary/aromatic N) is 2. The number of rotatable bonds is 0. The van der Waals surface area contributed by atoms with Crippen LogP contribution in [0.4, 0.5) is 0 Å². The lowest BCUT2D eigenvalue weighted by Gasteiger charge is -2.39. The maximum Gasteiger partial charge on any atom is 0.0809 e. The Morgan fingerprint density at radius 3 is 3.00 bits per heavy atom. The van der Waals surface area contributed by atoms with E-state index in [1.165, 1.54) is 0 Å². The second kappa shape index (κ2) is 2.91. The van der Waals surface area contributed by atoms with Gasteiger partial charge in [-0.1, -0.05) is 0 Å². The highest BCUT2D eigenvalue weighted by Crippen LogP contribution is 2.19. The molecule has 3 unspecified atom stereocenters. The first-order valence-corrected chi connectivity index (χ1v) is 4.17. The van der Waals surface area contributed by atoms with Gasteiger partial charge in [0.25, 0.3) is 0 Å². The predicted octanol–water partition coefficient (Wildman–Crippen LogP) is -2.60. The van der Waals surface area contributed by atoms with Crippen molar-refractivity contribution in [2.45, 2.75) is 12.3 Å². The molecule has 0 aromatic carbocycles. The molecule has 0 aromatic rings.